The zero-order valence-electron chi connectivity index (χ0n) is 12.2. The highest BCUT2D eigenvalue weighted by Crippen LogP contribution is 2.23. The number of carbonyl (C=O) groups excluding carboxylic acids is 1. The summed E-state index contributed by atoms with van der Waals surface area (Å²) in [6, 6.07) is 3.93. The van der Waals surface area contributed by atoms with E-state index in [1.807, 2.05) is 51.3 Å². The first kappa shape index (κ1) is 13.6. The van der Waals surface area contributed by atoms with Gasteiger partial charge >= 0.3 is 5.97 Å². The molecule has 0 bridgehead atoms. The predicted molar refractivity (Wildman–Crippen MR) is 75.1 cm³/mol. The number of fused-ring (bicyclic) bond motifs is 1. The maximum absolute atomic E-state index is 12.0. The highest BCUT2D eigenvalue weighted by Gasteiger charge is 2.19. The minimum atomic E-state index is -0.462. The third kappa shape index (κ3) is 2.78. The lowest BCUT2D eigenvalue weighted by Gasteiger charge is -2.20. The van der Waals surface area contributed by atoms with Crippen LogP contribution < -0.4 is 0 Å². The number of esters is 1. The van der Waals surface area contributed by atoms with Gasteiger partial charge in [-0.05, 0) is 52.3 Å². The van der Waals surface area contributed by atoms with Crippen molar-refractivity contribution in [2.24, 2.45) is 0 Å². The smallest absolute Gasteiger partial charge is 0.326 e. The summed E-state index contributed by atoms with van der Waals surface area (Å²) in [5.74, 6) is -0.238. The Hall–Kier alpha value is -1.84. The van der Waals surface area contributed by atoms with Crippen LogP contribution in [-0.4, -0.2) is 21.1 Å². The van der Waals surface area contributed by atoms with Crippen molar-refractivity contribution in [2.45, 2.75) is 46.8 Å². The van der Waals surface area contributed by atoms with Gasteiger partial charge in [-0.1, -0.05) is 0 Å². The normalized spacial score (nSPS) is 11.8. The molecule has 0 aromatic carbocycles. The first-order chi connectivity index (χ1) is 8.79. The maximum Gasteiger partial charge on any atom is 0.326 e. The number of nitrogens with zero attached hydrogens (tertiary/aromatic N) is 2. The topological polar surface area (TPSA) is 44.1 Å². The zero-order chi connectivity index (χ0) is 14.2. The Kier molecular flexibility index (Phi) is 3.35. The minimum absolute atomic E-state index is 0.199. The van der Waals surface area contributed by atoms with Gasteiger partial charge in [0.1, 0.15) is 17.8 Å². The number of rotatable bonds is 2. The van der Waals surface area contributed by atoms with Crippen LogP contribution in [0.4, 0.5) is 0 Å². The van der Waals surface area contributed by atoms with E-state index in [9.17, 15) is 4.79 Å². The number of carbonyl (C=O) groups is 1. The molecule has 19 heavy (non-hydrogen) atoms. The van der Waals surface area contributed by atoms with Crippen LogP contribution in [0.15, 0.2) is 18.3 Å². The largest absolute Gasteiger partial charge is 0.459 e. The molecule has 4 nitrogen and oxygen atoms in total. The second-order valence-electron chi connectivity index (χ2n) is 5.76. The average molecular weight is 260 g/mol. The van der Waals surface area contributed by atoms with Crippen molar-refractivity contribution in [1.82, 2.24) is 9.55 Å². The van der Waals surface area contributed by atoms with Crippen molar-refractivity contribution in [3.63, 3.8) is 0 Å². The van der Waals surface area contributed by atoms with Crippen molar-refractivity contribution >= 4 is 17.0 Å². The van der Waals surface area contributed by atoms with Crippen LogP contribution in [0, 0.1) is 13.8 Å². The van der Waals surface area contributed by atoms with E-state index in [0.29, 0.717) is 0 Å². The number of aromatic nitrogens is 2. The van der Waals surface area contributed by atoms with Crippen LogP contribution in [0.5, 0.6) is 0 Å². The van der Waals surface area contributed by atoms with Gasteiger partial charge in [0.05, 0.1) is 0 Å². The molecule has 2 rings (SSSR count). The monoisotopic (exact) mass is 260 g/mol. The third-order valence-electron chi connectivity index (χ3n) is 3.10. The molecular formula is C15H20N2O2. The first-order valence-electron chi connectivity index (χ1n) is 6.42. The van der Waals surface area contributed by atoms with Crippen LogP contribution in [0.25, 0.3) is 11.0 Å². The molecule has 0 radical (unpaired) electrons. The lowest BCUT2D eigenvalue weighted by Crippen LogP contribution is -2.26. The molecule has 0 atom stereocenters. The van der Waals surface area contributed by atoms with Crippen LogP contribution in [-0.2, 0) is 16.1 Å². The Morgan fingerprint density at radius 1 is 1.37 bits per heavy atom. The summed E-state index contributed by atoms with van der Waals surface area (Å²) in [4.78, 5) is 16.3. The number of ether oxygens (including phenoxy) is 1. The van der Waals surface area contributed by atoms with Crippen molar-refractivity contribution in [3.05, 3.63) is 29.6 Å². The molecule has 2 aromatic rings. The molecular weight excluding hydrogens is 240 g/mol. The fourth-order valence-electron chi connectivity index (χ4n) is 2.16. The van der Waals surface area contributed by atoms with E-state index in [-0.39, 0.29) is 12.5 Å². The molecule has 0 saturated heterocycles. The average Bonchev–Trinajstić information content (AvgIpc) is 2.53. The second kappa shape index (κ2) is 4.68. The van der Waals surface area contributed by atoms with E-state index >= 15 is 0 Å². The predicted octanol–water partition coefficient (Wildman–Crippen LogP) is 2.99. The zero-order valence-corrected chi connectivity index (χ0v) is 12.2. The first-order valence-corrected chi connectivity index (χ1v) is 6.42. The molecule has 0 unspecified atom stereocenters. The van der Waals surface area contributed by atoms with Crippen LogP contribution >= 0.6 is 0 Å². The molecule has 0 spiro atoms. The molecule has 0 aliphatic carbocycles. The molecule has 0 N–H and O–H groups in total. The summed E-state index contributed by atoms with van der Waals surface area (Å²) >= 11 is 0. The highest BCUT2D eigenvalue weighted by atomic mass is 16.6. The Balaban J connectivity index is 2.36. The van der Waals surface area contributed by atoms with Gasteiger partial charge in [-0.25, -0.2) is 4.98 Å². The van der Waals surface area contributed by atoms with Gasteiger partial charge < -0.3 is 9.30 Å². The molecule has 2 aromatic heterocycles. The molecule has 0 aliphatic rings. The van der Waals surface area contributed by atoms with Gasteiger partial charge in [0.2, 0.25) is 0 Å². The van der Waals surface area contributed by atoms with Gasteiger partial charge in [0.25, 0.3) is 0 Å². The summed E-state index contributed by atoms with van der Waals surface area (Å²) in [7, 11) is 0. The van der Waals surface area contributed by atoms with Crippen LogP contribution in [0.2, 0.25) is 0 Å². The van der Waals surface area contributed by atoms with Gasteiger partial charge in [0.15, 0.2) is 0 Å². The Morgan fingerprint density at radius 2 is 2.05 bits per heavy atom. The second-order valence-corrected chi connectivity index (χ2v) is 5.76. The van der Waals surface area contributed by atoms with Gasteiger partial charge in [-0.15, -0.1) is 0 Å². The fraction of sp³-hybridized carbons (Fsp3) is 0.467. The Morgan fingerprint density at radius 3 is 2.68 bits per heavy atom. The van der Waals surface area contributed by atoms with Crippen molar-refractivity contribution in [1.29, 1.82) is 0 Å². The number of hydrogen-bond acceptors (Lipinski definition) is 3. The van der Waals surface area contributed by atoms with E-state index in [2.05, 4.69) is 4.98 Å². The maximum atomic E-state index is 12.0. The van der Waals surface area contributed by atoms with E-state index in [1.165, 1.54) is 0 Å². The molecule has 0 saturated carbocycles. The van der Waals surface area contributed by atoms with E-state index in [0.717, 1.165) is 22.3 Å². The molecule has 2 heterocycles. The lowest BCUT2D eigenvalue weighted by atomic mass is 10.2. The summed E-state index contributed by atoms with van der Waals surface area (Å²) < 4.78 is 7.28. The summed E-state index contributed by atoms with van der Waals surface area (Å²) in [6.45, 7) is 9.86. The van der Waals surface area contributed by atoms with E-state index in [4.69, 9.17) is 4.74 Å². The summed E-state index contributed by atoms with van der Waals surface area (Å²) in [6.07, 6.45) is 1.74. The molecule has 0 aliphatic heterocycles. The fourth-order valence-corrected chi connectivity index (χ4v) is 2.16. The SMILES string of the molecule is Cc1c(C)n(CC(=O)OC(C)(C)C)c2ncccc12. The van der Waals surface area contributed by atoms with Crippen molar-refractivity contribution < 1.29 is 9.53 Å². The Bertz CT molecular complexity index is 621. The quantitative estimate of drug-likeness (QED) is 0.780. The van der Waals surface area contributed by atoms with Gasteiger partial charge in [-0.2, -0.15) is 0 Å². The highest BCUT2D eigenvalue weighted by molar-refractivity contribution is 5.83. The van der Waals surface area contributed by atoms with Gasteiger partial charge in [-0.3, -0.25) is 4.79 Å². The van der Waals surface area contributed by atoms with Crippen LogP contribution in [0.3, 0.4) is 0 Å². The Labute approximate surface area is 113 Å². The van der Waals surface area contributed by atoms with Crippen molar-refractivity contribution in [2.75, 3.05) is 0 Å². The number of aryl methyl sites for hydroxylation is 1. The third-order valence-corrected chi connectivity index (χ3v) is 3.10. The molecule has 0 amide bonds. The summed E-state index contributed by atoms with van der Waals surface area (Å²) in [5.41, 5.74) is 2.59. The lowest BCUT2D eigenvalue weighted by molar-refractivity contribution is -0.155. The molecule has 4 heteroatoms. The van der Waals surface area contributed by atoms with Crippen LogP contribution in [0.1, 0.15) is 32.0 Å². The molecule has 0 fully saturated rings. The standard InChI is InChI=1S/C15H20N2O2/c1-10-11(2)17(9-13(18)19-15(3,4)5)14-12(10)7-6-8-16-14/h6-8H,9H2,1-5H3. The molecule has 102 valence electrons. The van der Waals surface area contributed by atoms with E-state index in [1.54, 1.807) is 6.20 Å². The van der Waals surface area contributed by atoms with Gasteiger partial charge in [0, 0.05) is 17.3 Å². The van der Waals surface area contributed by atoms with E-state index < -0.39 is 5.60 Å². The summed E-state index contributed by atoms with van der Waals surface area (Å²) in [5, 5.41) is 1.09. The number of pyridine rings is 1. The minimum Gasteiger partial charge on any atom is -0.459 e. The van der Waals surface area contributed by atoms with Crippen molar-refractivity contribution in [3.8, 4) is 0 Å². The number of hydrogen-bond donors (Lipinski definition) is 0.